The number of ether oxygens (including phenoxy) is 1. The molecule has 0 aliphatic heterocycles. The number of hydrogen-bond donors (Lipinski definition) is 2. The van der Waals surface area contributed by atoms with Crippen LogP contribution in [-0.4, -0.2) is 24.7 Å². The van der Waals surface area contributed by atoms with Crippen molar-refractivity contribution in [2.45, 2.75) is 26.3 Å². The van der Waals surface area contributed by atoms with Gasteiger partial charge < -0.3 is 15.8 Å². The molecule has 6 heteroatoms. The molecule has 0 spiro atoms. The van der Waals surface area contributed by atoms with Crippen molar-refractivity contribution >= 4 is 41.5 Å². The maximum Gasteiger partial charge on any atom is 0.189 e. The third-order valence-electron chi connectivity index (χ3n) is 1.96. The van der Waals surface area contributed by atoms with Gasteiger partial charge in [0.1, 0.15) is 12.4 Å². The minimum Gasteiger partial charge on any atom is -0.492 e. The van der Waals surface area contributed by atoms with Gasteiger partial charge in [0.25, 0.3) is 0 Å². The predicted octanol–water partition coefficient (Wildman–Crippen LogP) is 3.04. The van der Waals surface area contributed by atoms with Gasteiger partial charge in [-0.3, -0.25) is 0 Å². The number of aliphatic imine (C=N–C) groups is 1. The molecular formula is C13H21ClIN3O. The molecule has 1 aromatic rings. The summed E-state index contributed by atoms with van der Waals surface area (Å²) in [5.41, 5.74) is 5.65. The molecule has 0 saturated heterocycles. The van der Waals surface area contributed by atoms with Crippen LogP contribution in [0.1, 0.15) is 20.8 Å². The molecule has 1 aromatic carbocycles. The van der Waals surface area contributed by atoms with Crippen LogP contribution in [0.5, 0.6) is 5.75 Å². The Bertz CT molecular complexity index is 401. The largest absolute Gasteiger partial charge is 0.492 e. The number of hydrogen-bond acceptors (Lipinski definition) is 2. The Morgan fingerprint density at radius 1 is 1.32 bits per heavy atom. The minimum absolute atomic E-state index is 0. The predicted molar refractivity (Wildman–Crippen MR) is 91.7 cm³/mol. The van der Waals surface area contributed by atoms with E-state index in [1.165, 1.54) is 0 Å². The molecule has 0 fully saturated rings. The van der Waals surface area contributed by atoms with Gasteiger partial charge in [-0.1, -0.05) is 11.6 Å². The molecule has 0 saturated carbocycles. The van der Waals surface area contributed by atoms with E-state index in [2.05, 4.69) is 10.3 Å². The topological polar surface area (TPSA) is 59.6 Å². The van der Waals surface area contributed by atoms with E-state index in [9.17, 15) is 0 Å². The van der Waals surface area contributed by atoms with Crippen LogP contribution in [0.4, 0.5) is 0 Å². The Morgan fingerprint density at radius 2 is 1.89 bits per heavy atom. The first-order valence-corrected chi connectivity index (χ1v) is 6.21. The lowest BCUT2D eigenvalue weighted by molar-refractivity contribution is 0.328. The molecule has 0 aromatic heterocycles. The molecule has 0 bridgehead atoms. The van der Waals surface area contributed by atoms with Gasteiger partial charge in [-0.2, -0.15) is 0 Å². The second-order valence-corrected chi connectivity index (χ2v) is 5.38. The van der Waals surface area contributed by atoms with Gasteiger partial charge in [-0.15, -0.1) is 24.0 Å². The Hall–Kier alpha value is -0.690. The maximum absolute atomic E-state index is 5.77. The van der Waals surface area contributed by atoms with Gasteiger partial charge in [0, 0.05) is 10.6 Å². The number of nitrogens with one attached hydrogen (secondary N) is 1. The fourth-order valence-corrected chi connectivity index (χ4v) is 1.41. The number of benzene rings is 1. The molecule has 108 valence electrons. The van der Waals surface area contributed by atoms with E-state index in [0.717, 1.165) is 5.75 Å². The lowest BCUT2D eigenvalue weighted by atomic mass is 10.1. The quantitative estimate of drug-likeness (QED) is 0.355. The van der Waals surface area contributed by atoms with E-state index >= 15 is 0 Å². The van der Waals surface area contributed by atoms with Crippen LogP contribution in [0.15, 0.2) is 29.3 Å². The molecule has 0 radical (unpaired) electrons. The third kappa shape index (κ3) is 8.93. The van der Waals surface area contributed by atoms with Gasteiger partial charge in [0.2, 0.25) is 0 Å². The monoisotopic (exact) mass is 397 g/mol. The van der Waals surface area contributed by atoms with Crippen LogP contribution in [0.2, 0.25) is 5.02 Å². The van der Waals surface area contributed by atoms with Crippen molar-refractivity contribution in [3.05, 3.63) is 29.3 Å². The van der Waals surface area contributed by atoms with Gasteiger partial charge >= 0.3 is 0 Å². The highest BCUT2D eigenvalue weighted by Crippen LogP contribution is 2.15. The summed E-state index contributed by atoms with van der Waals surface area (Å²) < 4.78 is 5.49. The lowest BCUT2D eigenvalue weighted by Gasteiger charge is -2.20. The maximum atomic E-state index is 5.77. The molecule has 0 atom stereocenters. The SMILES string of the molecule is CC(C)(C)NC(N)=NCCOc1ccc(Cl)cc1.I. The van der Waals surface area contributed by atoms with Gasteiger partial charge in [-0.05, 0) is 45.0 Å². The molecule has 0 unspecified atom stereocenters. The lowest BCUT2D eigenvalue weighted by Crippen LogP contribution is -2.45. The van der Waals surface area contributed by atoms with Crippen molar-refractivity contribution in [2.24, 2.45) is 10.7 Å². The van der Waals surface area contributed by atoms with E-state index in [1.807, 2.05) is 32.9 Å². The van der Waals surface area contributed by atoms with Crippen LogP contribution in [-0.2, 0) is 0 Å². The van der Waals surface area contributed by atoms with E-state index in [0.29, 0.717) is 24.1 Å². The summed E-state index contributed by atoms with van der Waals surface area (Å²) >= 11 is 5.77. The summed E-state index contributed by atoms with van der Waals surface area (Å²) in [7, 11) is 0. The zero-order chi connectivity index (χ0) is 13.6. The minimum atomic E-state index is -0.0788. The standard InChI is InChI=1S/C13H20ClN3O.HI/c1-13(2,3)17-12(15)16-8-9-18-11-6-4-10(14)5-7-11;/h4-7H,8-9H2,1-3H3,(H3,15,16,17);1H. The Kier molecular flexibility index (Phi) is 8.17. The molecule has 1 rings (SSSR count). The summed E-state index contributed by atoms with van der Waals surface area (Å²) in [6.07, 6.45) is 0. The average molecular weight is 398 g/mol. The number of rotatable bonds is 4. The smallest absolute Gasteiger partial charge is 0.189 e. The molecule has 0 aliphatic carbocycles. The first-order chi connectivity index (χ1) is 8.37. The van der Waals surface area contributed by atoms with Crippen molar-refractivity contribution in [3.63, 3.8) is 0 Å². The Labute approximate surface area is 136 Å². The summed E-state index contributed by atoms with van der Waals surface area (Å²) in [4.78, 5) is 4.17. The van der Waals surface area contributed by atoms with Gasteiger partial charge in [0.05, 0.1) is 6.54 Å². The average Bonchev–Trinajstić information content (AvgIpc) is 2.24. The van der Waals surface area contributed by atoms with Crippen molar-refractivity contribution in [3.8, 4) is 5.75 Å². The third-order valence-corrected chi connectivity index (χ3v) is 2.21. The van der Waals surface area contributed by atoms with E-state index < -0.39 is 0 Å². The zero-order valence-electron chi connectivity index (χ0n) is 11.4. The van der Waals surface area contributed by atoms with Gasteiger partial charge in [0.15, 0.2) is 5.96 Å². The molecule has 0 aliphatic rings. The highest BCUT2D eigenvalue weighted by molar-refractivity contribution is 14.0. The summed E-state index contributed by atoms with van der Waals surface area (Å²) in [5, 5.41) is 3.77. The summed E-state index contributed by atoms with van der Waals surface area (Å²) in [5.74, 6) is 1.21. The second kappa shape index (κ2) is 8.47. The highest BCUT2D eigenvalue weighted by Gasteiger charge is 2.09. The van der Waals surface area contributed by atoms with Crippen molar-refractivity contribution in [1.82, 2.24) is 5.32 Å². The van der Waals surface area contributed by atoms with Crippen molar-refractivity contribution in [1.29, 1.82) is 0 Å². The summed E-state index contributed by atoms with van der Waals surface area (Å²) in [6.45, 7) is 7.07. The zero-order valence-corrected chi connectivity index (χ0v) is 14.5. The van der Waals surface area contributed by atoms with Crippen LogP contribution >= 0.6 is 35.6 Å². The van der Waals surface area contributed by atoms with E-state index in [1.54, 1.807) is 12.1 Å². The van der Waals surface area contributed by atoms with Crippen LogP contribution in [0, 0.1) is 0 Å². The molecular weight excluding hydrogens is 377 g/mol. The second-order valence-electron chi connectivity index (χ2n) is 4.94. The van der Waals surface area contributed by atoms with Crippen molar-refractivity contribution < 1.29 is 4.74 Å². The number of nitrogens with two attached hydrogens (primary N) is 1. The number of guanidine groups is 1. The number of halogens is 2. The normalized spacial score (nSPS) is 11.7. The van der Waals surface area contributed by atoms with Gasteiger partial charge in [-0.25, -0.2) is 4.99 Å². The molecule has 3 N–H and O–H groups in total. The van der Waals surface area contributed by atoms with Crippen molar-refractivity contribution in [2.75, 3.05) is 13.2 Å². The van der Waals surface area contributed by atoms with E-state index in [-0.39, 0.29) is 29.5 Å². The Balaban J connectivity index is 0.00000324. The molecule has 0 heterocycles. The molecule has 19 heavy (non-hydrogen) atoms. The highest BCUT2D eigenvalue weighted by atomic mass is 127. The first-order valence-electron chi connectivity index (χ1n) is 5.83. The molecule has 4 nitrogen and oxygen atoms in total. The number of nitrogens with zero attached hydrogens (tertiary/aromatic N) is 1. The van der Waals surface area contributed by atoms with Crippen LogP contribution in [0.3, 0.4) is 0 Å². The van der Waals surface area contributed by atoms with Crippen LogP contribution in [0.25, 0.3) is 0 Å². The Morgan fingerprint density at radius 3 is 2.42 bits per heavy atom. The fourth-order valence-electron chi connectivity index (χ4n) is 1.28. The fraction of sp³-hybridized carbons (Fsp3) is 0.462. The van der Waals surface area contributed by atoms with Crippen LogP contribution < -0.4 is 15.8 Å². The summed E-state index contributed by atoms with van der Waals surface area (Å²) in [6, 6.07) is 7.22. The first kappa shape index (κ1) is 18.3. The van der Waals surface area contributed by atoms with E-state index in [4.69, 9.17) is 22.1 Å². The molecule has 0 amide bonds.